The first-order valence-corrected chi connectivity index (χ1v) is 7.17. The summed E-state index contributed by atoms with van der Waals surface area (Å²) in [7, 11) is 0. The molecular weight excluding hydrogens is 246 g/mol. The SMILES string of the molecule is CCNCc1ccc(OCc2ccc(C)c(C)c2)cc1. The van der Waals surface area contributed by atoms with Gasteiger partial charge in [-0.1, -0.05) is 37.3 Å². The molecule has 2 rings (SSSR count). The van der Waals surface area contributed by atoms with Crippen LogP contribution in [0.5, 0.6) is 5.75 Å². The summed E-state index contributed by atoms with van der Waals surface area (Å²) in [6.45, 7) is 8.89. The van der Waals surface area contributed by atoms with Crippen molar-refractivity contribution in [2.45, 2.75) is 33.9 Å². The summed E-state index contributed by atoms with van der Waals surface area (Å²) in [6, 6.07) is 14.8. The van der Waals surface area contributed by atoms with Crippen molar-refractivity contribution in [2.24, 2.45) is 0 Å². The summed E-state index contributed by atoms with van der Waals surface area (Å²) in [5.74, 6) is 0.920. The van der Waals surface area contributed by atoms with Crippen LogP contribution < -0.4 is 10.1 Å². The van der Waals surface area contributed by atoms with Crippen LogP contribution in [0.1, 0.15) is 29.2 Å². The Labute approximate surface area is 121 Å². The van der Waals surface area contributed by atoms with Crippen molar-refractivity contribution >= 4 is 0 Å². The zero-order valence-electron chi connectivity index (χ0n) is 12.6. The molecule has 0 saturated carbocycles. The molecule has 1 N–H and O–H groups in total. The number of hydrogen-bond donors (Lipinski definition) is 1. The lowest BCUT2D eigenvalue weighted by Gasteiger charge is -2.09. The van der Waals surface area contributed by atoms with E-state index >= 15 is 0 Å². The van der Waals surface area contributed by atoms with E-state index in [0.717, 1.165) is 18.8 Å². The van der Waals surface area contributed by atoms with Gasteiger partial charge in [-0.2, -0.15) is 0 Å². The number of rotatable bonds is 6. The maximum atomic E-state index is 5.83. The quantitative estimate of drug-likeness (QED) is 0.856. The second-order valence-corrected chi connectivity index (χ2v) is 5.13. The molecule has 2 nitrogen and oxygen atoms in total. The van der Waals surface area contributed by atoms with E-state index < -0.39 is 0 Å². The Kier molecular flexibility index (Phi) is 5.19. The van der Waals surface area contributed by atoms with Crippen LogP contribution in [-0.4, -0.2) is 6.54 Å². The molecule has 0 saturated heterocycles. The van der Waals surface area contributed by atoms with Gasteiger partial charge in [0.1, 0.15) is 12.4 Å². The highest BCUT2D eigenvalue weighted by Gasteiger charge is 1.99. The predicted octanol–water partition coefficient (Wildman–Crippen LogP) is 3.99. The third-order valence-corrected chi connectivity index (χ3v) is 3.48. The highest BCUT2D eigenvalue weighted by Crippen LogP contribution is 2.16. The van der Waals surface area contributed by atoms with E-state index in [9.17, 15) is 0 Å². The molecule has 0 amide bonds. The van der Waals surface area contributed by atoms with E-state index in [2.05, 4.69) is 56.4 Å². The Morgan fingerprint density at radius 1 is 0.900 bits per heavy atom. The number of benzene rings is 2. The van der Waals surface area contributed by atoms with Crippen molar-refractivity contribution in [3.05, 3.63) is 64.7 Å². The molecular formula is C18H23NO. The number of nitrogens with one attached hydrogen (secondary N) is 1. The molecule has 0 atom stereocenters. The zero-order valence-corrected chi connectivity index (χ0v) is 12.6. The minimum absolute atomic E-state index is 0.619. The van der Waals surface area contributed by atoms with Gasteiger partial charge in [-0.15, -0.1) is 0 Å². The van der Waals surface area contributed by atoms with E-state index in [0.29, 0.717) is 6.61 Å². The van der Waals surface area contributed by atoms with Crippen LogP contribution in [0, 0.1) is 13.8 Å². The van der Waals surface area contributed by atoms with Gasteiger partial charge in [-0.25, -0.2) is 0 Å². The largest absolute Gasteiger partial charge is 0.489 e. The number of hydrogen-bond acceptors (Lipinski definition) is 2. The molecule has 0 aromatic heterocycles. The van der Waals surface area contributed by atoms with Crippen LogP contribution in [0.3, 0.4) is 0 Å². The molecule has 0 aliphatic heterocycles. The maximum Gasteiger partial charge on any atom is 0.119 e. The average molecular weight is 269 g/mol. The van der Waals surface area contributed by atoms with E-state index in [4.69, 9.17) is 4.74 Å². The van der Waals surface area contributed by atoms with Crippen molar-refractivity contribution in [1.29, 1.82) is 0 Å². The smallest absolute Gasteiger partial charge is 0.119 e. The average Bonchev–Trinajstić information content (AvgIpc) is 2.47. The molecule has 0 aliphatic carbocycles. The summed E-state index contributed by atoms with van der Waals surface area (Å²) < 4.78 is 5.83. The lowest BCUT2D eigenvalue weighted by Crippen LogP contribution is -2.11. The van der Waals surface area contributed by atoms with Crippen LogP contribution in [-0.2, 0) is 13.2 Å². The van der Waals surface area contributed by atoms with Crippen molar-refractivity contribution in [3.63, 3.8) is 0 Å². The van der Waals surface area contributed by atoms with Gasteiger partial charge in [0.05, 0.1) is 0 Å². The molecule has 106 valence electrons. The Morgan fingerprint density at radius 3 is 2.25 bits per heavy atom. The van der Waals surface area contributed by atoms with Crippen LogP contribution >= 0.6 is 0 Å². The Hall–Kier alpha value is -1.80. The van der Waals surface area contributed by atoms with Gasteiger partial charge < -0.3 is 10.1 Å². The van der Waals surface area contributed by atoms with Gasteiger partial charge in [-0.3, -0.25) is 0 Å². The molecule has 20 heavy (non-hydrogen) atoms. The summed E-state index contributed by atoms with van der Waals surface area (Å²) in [5.41, 5.74) is 5.13. The van der Waals surface area contributed by atoms with Gasteiger partial charge in [0, 0.05) is 6.54 Å². The monoisotopic (exact) mass is 269 g/mol. The fraction of sp³-hybridized carbons (Fsp3) is 0.333. The Morgan fingerprint density at radius 2 is 1.60 bits per heavy atom. The van der Waals surface area contributed by atoms with Gasteiger partial charge in [0.25, 0.3) is 0 Å². The lowest BCUT2D eigenvalue weighted by molar-refractivity contribution is 0.306. The first-order valence-electron chi connectivity index (χ1n) is 7.17. The van der Waals surface area contributed by atoms with Gasteiger partial charge in [-0.05, 0) is 54.8 Å². The molecule has 0 heterocycles. The molecule has 0 radical (unpaired) electrons. The van der Waals surface area contributed by atoms with E-state index in [-0.39, 0.29) is 0 Å². The second kappa shape index (κ2) is 7.11. The van der Waals surface area contributed by atoms with E-state index in [1.54, 1.807) is 0 Å². The minimum Gasteiger partial charge on any atom is -0.489 e. The van der Waals surface area contributed by atoms with E-state index in [1.165, 1.54) is 22.3 Å². The topological polar surface area (TPSA) is 21.3 Å². The Bertz CT molecular complexity index is 546. The van der Waals surface area contributed by atoms with Gasteiger partial charge >= 0.3 is 0 Å². The predicted molar refractivity (Wildman–Crippen MR) is 84.1 cm³/mol. The first-order chi connectivity index (χ1) is 9.69. The third-order valence-electron chi connectivity index (χ3n) is 3.48. The zero-order chi connectivity index (χ0) is 14.4. The van der Waals surface area contributed by atoms with Crippen molar-refractivity contribution < 1.29 is 4.74 Å². The molecule has 2 heteroatoms. The normalized spacial score (nSPS) is 10.6. The summed E-state index contributed by atoms with van der Waals surface area (Å²) >= 11 is 0. The standard InChI is InChI=1S/C18H23NO/c1-4-19-12-16-7-9-18(10-8-16)20-13-17-6-5-14(2)15(3)11-17/h5-11,19H,4,12-13H2,1-3H3. The molecule has 0 fully saturated rings. The fourth-order valence-electron chi connectivity index (χ4n) is 2.03. The van der Waals surface area contributed by atoms with Crippen LogP contribution in [0.15, 0.2) is 42.5 Å². The maximum absolute atomic E-state index is 5.83. The van der Waals surface area contributed by atoms with Crippen molar-refractivity contribution in [1.82, 2.24) is 5.32 Å². The molecule has 2 aromatic rings. The van der Waals surface area contributed by atoms with Gasteiger partial charge in [0.15, 0.2) is 0 Å². The fourth-order valence-corrected chi connectivity index (χ4v) is 2.03. The first kappa shape index (κ1) is 14.6. The van der Waals surface area contributed by atoms with Gasteiger partial charge in [0.2, 0.25) is 0 Å². The molecule has 2 aromatic carbocycles. The molecule has 0 spiro atoms. The third kappa shape index (κ3) is 4.10. The summed E-state index contributed by atoms with van der Waals surface area (Å²) in [4.78, 5) is 0. The summed E-state index contributed by atoms with van der Waals surface area (Å²) in [5, 5.41) is 3.31. The van der Waals surface area contributed by atoms with Crippen LogP contribution in [0.2, 0.25) is 0 Å². The number of aryl methyl sites for hydroxylation is 2. The van der Waals surface area contributed by atoms with Crippen molar-refractivity contribution in [3.8, 4) is 5.75 Å². The van der Waals surface area contributed by atoms with Crippen LogP contribution in [0.25, 0.3) is 0 Å². The van der Waals surface area contributed by atoms with E-state index in [1.807, 2.05) is 12.1 Å². The second-order valence-electron chi connectivity index (χ2n) is 5.13. The highest BCUT2D eigenvalue weighted by molar-refractivity contribution is 5.31. The van der Waals surface area contributed by atoms with Crippen LogP contribution in [0.4, 0.5) is 0 Å². The number of ether oxygens (including phenoxy) is 1. The van der Waals surface area contributed by atoms with Crippen molar-refractivity contribution in [2.75, 3.05) is 6.54 Å². The molecule has 0 bridgehead atoms. The highest BCUT2D eigenvalue weighted by atomic mass is 16.5. The Balaban J connectivity index is 1.91. The molecule has 0 unspecified atom stereocenters. The minimum atomic E-state index is 0.619. The molecule has 0 aliphatic rings. The summed E-state index contributed by atoms with van der Waals surface area (Å²) in [6.07, 6.45) is 0. The lowest BCUT2D eigenvalue weighted by atomic mass is 10.1.